The smallest absolute Gasteiger partial charge is 0.339 e. The highest BCUT2D eigenvalue weighted by atomic mass is 16.5. The second kappa shape index (κ2) is 5.95. The molecule has 0 bridgehead atoms. The van der Waals surface area contributed by atoms with Crippen LogP contribution in [-0.2, 0) is 17.7 Å². The third-order valence-corrected chi connectivity index (χ3v) is 2.59. The van der Waals surface area contributed by atoms with Gasteiger partial charge in [-0.15, -0.1) is 0 Å². The lowest BCUT2D eigenvalue weighted by Gasteiger charge is -2.06. The molecule has 0 aliphatic rings. The Morgan fingerprint density at radius 2 is 2.28 bits per heavy atom. The molecule has 0 aromatic carbocycles. The van der Waals surface area contributed by atoms with Crippen molar-refractivity contribution in [1.82, 2.24) is 14.8 Å². The van der Waals surface area contributed by atoms with Gasteiger partial charge in [0.1, 0.15) is 0 Å². The van der Waals surface area contributed by atoms with Crippen molar-refractivity contribution >= 4 is 5.97 Å². The van der Waals surface area contributed by atoms with Crippen LogP contribution in [0.5, 0.6) is 0 Å². The summed E-state index contributed by atoms with van der Waals surface area (Å²) in [5, 5.41) is 4.16. The fraction of sp³-hybridized carbons (Fsp3) is 0.308. The van der Waals surface area contributed by atoms with Gasteiger partial charge >= 0.3 is 5.97 Å². The first-order valence-corrected chi connectivity index (χ1v) is 5.89. The minimum Gasteiger partial charge on any atom is -0.462 e. The fourth-order valence-electron chi connectivity index (χ4n) is 1.67. The van der Waals surface area contributed by atoms with E-state index in [1.54, 1.807) is 24.5 Å². The number of pyridine rings is 1. The second-order valence-corrected chi connectivity index (χ2v) is 3.77. The van der Waals surface area contributed by atoms with Crippen molar-refractivity contribution in [2.75, 3.05) is 6.61 Å². The standard InChI is InChI=1S/C13H15N3O2/c1-2-16-12(5-8-15-16)6-9-18-13(17)11-4-3-7-14-10-11/h3-5,7-8,10H,2,6,9H2,1H3. The number of rotatable bonds is 5. The van der Waals surface area contributed by atoms with E-state index < -0.39 is 0 Å². The van der Waals surface area contributed by atoms with Crippen LogP contribution in [0, 0.1) is 0 Å². The highest BCUT2D eigenvalue weighted by molar-refractivity contribution is 5.88. The van der Waals surface area contributed by atoms with Crippen molar-refractivity contribution in [2.45, 2.75) is 19.9 Å². The van der Waals surface area contributed by atoms with E-state index in [2.05, 4.69) is 10.1 Å². The van der Waals surface area contributed by atoms with E-state index in [9.17, 15) is 4.79 Å². The van der Waals surface area contributed by atoms with E-state index in [0.29, 0.717) is 18.6 Å². The van der Waals surface area contributed by atoms with E-state index in [1.165, 1.54) is 6.20 Å². The quantitative estimate of drug-likeness (QED) is 0.752. The van der Waals surface area contributed by atoms with E-state index in [4.69, 9.17) is 4.74 Å². The van der Waals surface area contributed by atoms with E-state index in [1.807, 2.05) is 17.7 Å². The molecule has 0 aliphatic heterocycles. The van der Waals surface area contributed by atoms with Crippen LogP contribution in [0.2, 0.25) is 0 Å². The van der Waals surface area contributed by atoms with Crippen LogP contribution in [0.3, 0.4) is 0 Å². The number of aromatic nitrogens is 3. The average Bonchev–Trinajstić information content (AvgIpc) is 2.87. The van der Waals surface area contributed by atoms with Crippen molar-refractivity contribution < 1.29 is 9.53 Å². The number of esters is 1. The number of nitrogens with zero attached hydrogens (tertiary/aromatic N) is 3. The molecule has 0 atom stereocenters. The molecule has 0 aliphatic carbocycles. The lowest BCUT2D eigenvalue weighted by molar-refractivity contribution is 0.0507. The molecule has 0 radical (unpaired) electrons. The molecule has 2 aromatic heterocycles. The second-order valence-electron chi connectivity index (χ2n) is 3.77. The van der Waals surface area contributed by atoms with Crippen LogP contribution < -0.4 is 0 Å². The minimum absolute atomic E-state index is 0.342. The molecule has 2 aromatic rings. The summed E-state index contributed by atoms with van der Waals surface area (Å²) in [5.41, 5.74) is 1.54. The molecule has 0 unspecified atom stereocenters. The van der Waals surface area contributed by atoms with Gasteiger partial charge in [-0.25, -0.2) is 4.79 Å². The Labute approximate surface area is 105 Å². The number of carbonyl (C=O) groups excluding carboxylic acids is 1. The summed E-state index contributed by atoms with van der Waals surface area (Å²) in [6.45, 7) is 3.19. The number of aryl methyl sites for hydroxylation is 1. The summed E-state index contributed by atoms with van der Waals surface area (Å²) in [6, 6.07) is 5.33. The monoisotopic (exact) mass is 245 g/mol. The zero-order valence-corrected chi connectivity index (χ0v) is 10.2. The summed E-state index contributed by atoms with van der Waals surface area (Å²) < 4.78 is 7.07. The lowest BCUT2D eigenvalue weighted by Crippen LogP contribution is -2.11. The zero-order valence-electron chi connectivity index (χ0n) is 10.2. The predicted molar refractivity (Wildman–Crippen MR) is 66.1 cm³/mol. The maximum absolute atomic E-state index is 11.6. The van der Waals surface area contributed by atoms with Gasteiger partial charge in [-0.1, -0.05) is 0 Å². The van der Waals surface area contributed by atoms with Crippen LogP contribution in [-0.4, -0.2) is 27.3 Å². The molecule has 0 fully saturated rings. The van der Waals surface area contributed by atoms with Gasteiger partial charge in [0.05, 0.1) is 12.2 Å². The van der Waals surface area contributed by atoms with Crippen molar-refractivity contribution in [3.63, 3.8) is 0 Å². The largest absolute Gasteiger partial charge is 0.462 e. The van der Waals surface area contributed by atoms with Crippen molar-refractivity contribution in [3.8, 4) is 0 Å². The van der Waals surface area contributed by atoms with E-state index >= 15 is 0 Å². The summed E-state index contributed by atoms with van der Waals surface area (Å²) in [4.78, 5) is 15.5. The normalized spacial score (nSPS) is 10.3. The minimum atomic E-state index is -0.342. The van der Waals surface area contributed by atoms with Gasteiger partial charge in [0.15, 0.2) is 0 Å². The molecule has 94 valence electrons. The maximum atomic E-state index is 11.6. The van der Waals surface area contributed by atoms with Crippen molar-refractivity contribution in [2.24, 2.45) is 0 Å². The molecule has 0 N–H and O–H groups in total. The van der Waals surface area contributed by atoms with Crippen LogP contribution >= 0.6 is 0 Å². The van der Waals surface area contributed by atoms with Crippen LogP contribution in [0.25, 0.3) is 0 Å². The van der Waals surface area contributed by atoms with Gasteiger partial charge < -0.3 is 4.74 Å². The van der Waals surface area contributed by atoms with Gasteiger partial charge in [0.2, 0.25) is 0 Å². The van der Waals surface area contributed by atoms with Gasteiger partial charge in [0.25, 0.3) is 0 Å². The molecule has 5 heteroatoms. The van der Waals surface area contributed by atoms with Crippen LogP contribution in [0.4, 0.5) is 0 Å². The molecule has 18 heavy (non-hydrogen) atoms. The Morgan fingerprint density at radius 1 is 1.39 bits per heavy atom. The Bertz CT molecular complexity index is 508. The maximum Gasteiger partial charge on any atom is 0.339 e. The molecule has 0 saturated carbocycles. The van der Waals surface area contributed by atoms with Gasteiger partial charge in [-0.3, -0.25) is 9.67 Å². The molecule has 5 nitrogen and oxygen atoms in total. The Hall–Kier alpha value is -2.17. The third kappa shape index (κ3) is 2.94. The van der Waals surface area contributed by atoms with Crippen molar-refractivity contribution in [3.05, 3.63) is 48.0 Å². The Balaban J connectivity index is 1.84. The van der Waals surface area contributed by atoms with E-state index in [0.717, 1.165) is 12.2 Å². The van der Waals surface area contributed by atoms with Gasteiger partial charge in [-0.2, -0.15) is 5.10 Å². The van der Waals surface area contributed by atoms with Gasteiger partial charge in [0, 0.05) is 37.3 Å². The molecule has 0 spiro atoms. The van der Waals surface area contributed by atoms with E-state index in [-0.39, 0.29) is 5.97 Å². The topological polar surface area (TPSA) is 57.0 Å². The lowest BCUT2D eigenvalue weighted by atomic mass is 10.3. The molecule has 2 rings (SSSR count). The number of carbonyl (C=O) groups is 1. The zero-order chi connectivity index (χ0) is 12.8. The van der Waals surface area contributed by atoms with Gasteiger partial charge in [-0.05, 0) is 25.1 Å². The molecule has 0 saturated heterocycles. The Morgan fingerprint density at radius 3 is 3.00 bits per heavy atom. The SMILES string of the molecule is CCn1nccc1CCOC(=O)c1cccnc1. The Kier molecular flexibility index (Phi) is 4.06. The van der Waals surface area contributed by atoms with Crippen molar-refractivity contribution in [1.29, 1.82) is 0 Å². The number of hydrogen-bond acceptors (Lipinski definition) is 4. The molecular formula is C13H15N3O2. The highest BCUT2D eigenvalue weighted by Gasteiger charge is 2.07. The molecular weight excluding hydrogens is 230 g/mol. The highest BCUT2D eigenvalue weighted by Crippen LogP contribution is 2.03. The summed E-state index contributed by atoms with van der Waals surface area (Å²) >= 11 is 0. The van der Waals surface area contributed by atoms with Crippen LogP contribution in [0.1, 0.15) is 23.0 Å². The molecule has 0 amide bonds. The summed E-state index contributed by atoms with van der Waals surface area (Å²) in [5.74, 6) is -0.342. The number of hydrogen-bond donors (Lipinski definition) is 0. The first-order valence-electron chi connectivity index (χ1n) is 5.89. The average molecular weight is 245 g/mol. The fourth-order valence-corrected chi connectivity index (χ4v) is 1.67. The number of ether oxygens (including phenoxy) is 1. The first kappa shape index (κ1) is 12.3. The third-order valence-electron chi connectivity index (χ3n) is 2.59. The predicted octanol–water partition coefficient (Wildman–Crippen LogP) is 1.70. The first-order chi connectivity index (χ1) is 8.81. The van der Waals surface area contributed by atoms with Crippen LogP contribution in [0.15, 0.2) is 36.8 Å². The molecule has 2 heterocycles. The summed E-state index contributed by atoms with van der Waals surface area (Å²) in [6.07, 6.45) is 5.54. The summed E-state index contributed by atoms with van der Waals surface area (Å²) in [7, 11) is 0.